The van der Waals surface area contributed by atoms with Gasteiger partial charge in [0.05, 0.1) is 5.60 Å². The number of nitrogens with one attached hydrogen (secondary N) is 1. The monoisotopic (exact) mass is 323 g/mol. The minimum atomic E-state index is -0.622. The summed E-state index contributed by atoms with van der Waals surface area (Å²) < 4.78 is 5.35. The van der Waals surface area contributed by atoms with E-state index in [9.17, 15) is 5.11 Å². The molecule has 1 saturated heterocycles. The van der Waals surface area contributed by atoms with Gasteiger partial charge < -0.3 is 15.2 Å². The molecule has 21 heavy (non-hydrogen) atoms. The van der Waals surface area contributed by atoms with Crippen LogP contribution in [0.2, 0.25) is 0 Å². The van der Waals surface area contributed by atoms with Gasteiger partial charge in [0.15, 0.2) is 0 Å². The van der Waals surface area contributed by atoms with E-state index < -0.39 is 5.60 Å². The lowest BCUT2D eigenvalue weighted by Crippen LogP contribution is -2.46. The Hall–Kier alpha value is -0.720. The summed E-state index contributed by atoms with van der Waals surface area (Å²) in [5, 5.41) is 18.4. The first-order valence-electron chi connectivity index (χ1n) is 7.34. The van der Waals surface area contributed by atoms with Crippen LogP contribution in [-0.2, 0) is 11.2 Å². The van der Waals surface area contributed by atoms with Gasteiger partial charge in [0.1, 0.15) is 0 Å². The number of thiophene rings is 2. The molecule has 0 amide bonds. The van der Waals surface area contributed by atoms with Crippen LogP contribution in [0.5, 0.6) is 0 Å². The number of rotatable bonds is 6. The Morgan fingerprint density at radius 2 is 1.95 bits per heavy atom. The van der Waals surface area contributed by atoms with E-state index in [1.54, 1.807) is 22.7 Å². The summed E-state index contributed by atoms with van der Waals surface area (Å²) in [4.78, 5) is 2.71. The zero-order chi connectivity index (χ0) is 14.5. The molecule has 1 fully saturated rings. The molecule has 2 aromatic rings. The van der Waals surface area contributed by atoms with Crippen molar-refractivity contribution in [2.24, 2.45) is 0 Å². The quantitative estimate of drug-likeness (QED) is 0.857. The van der Waals surface area contributed by atoms with Crippen molar-refractivity contribution in [3.05, 3.63) is 44.8 Å². The van der Waals surface area contributed by atoms with E-state index in [0.29, 0.717) is 19.8 Å². The highest BCUT2D eigenvalue weighted by atomic mass is 32.1. The summed E-state index contributed by atoms with van der Waals surface area (Å²) in [5.74, 6) is 0. The predicted octanol–water partition coefficient (Wildman–Crippen LogP) is 3.22. The summed E-state index contributed by atoms with van der Waals surface area (Å²) in [6.07, 6.45) is 2.41. The van der Waals surface area contributed by atoms with Crippen LogP contribution in [0.3, 0.4) is 0 Å². The smallest absolute Gasteiger partial charge is 0.0815 e. The van der Waals surface area contributed by atoms with Crippen LogP contribution in [-0.4, -0.2) is 30.5 Å². The minimum Gasteiger partial charge on any atom is -0.388 e. The van der Waals surface area contributed by atoms with Crippen LogP contribution in [0.1, 0.15) is 28.6 Å². The van der Waals surface area contributed by atoms with Crippen molar-refractivity contribution < 1.29 is 9.84 Å². The van der Waals surface area contributed by atoms with Crippen LogP contribution in [0.25, 0.3) is 0 Å². The summed E-state index contributed by atoms with van der Waals surface area (Å²) in [5.41, 5.74) is -0.622. The predicted molar refractivity (Wildman–Crippen MR) is 88.1 cm³/mol. The molecule has 5 heteroatoms. The highest BCUT2D eigenvalue weighted by Crippen LogP contribution is 2.27. The summed E-state index contributed by atoms with van der Waals surface area (Å²) in [6, 6.07) is 8.81. The fraction of sp³-hybridized carbons (Fsp3) is 0.500. The van der Waals surface area contributed by atoms with Gasteiger partial charge in [-0.25, -0.2) is 0 Å². The van der Waals surface area contributed by atoms with Crippen LogP contribution in [0, 0.1) is 0 Å². The maximum Gasteiger partial charge on any atom is 0.0815 e. The Bertz CT molecular complexity index is 518. The zero-order valence-electron chi connectivity index (χ0n) is 12.0. The standard InChI is InChI=1S/C16H21NO2S2/c18-16(5-7-19-8-6-16)12-17-14(15-4-2-10-21-15)11-13-3-1-9-20-13/h1-4,9-10,14,17-18H,5-8,11-12H2. The average Bonchev–Trinajstić information content (AvgIpc) is 3.17. The second-order valence-electron chi connectivity index (χ2n) is 5.57. The molecule has 1 aliphatic heterocycles. The SMILES string of the molecule is OC1(CNC(Cc2cccs2)c2cccs2)CCOCC1. The normalized spacial score (nSPS) is 19.5. The van der Waals surface area contributed by atoms with E-state index in [0.717, 1.165) is 19.3 Å². The van der Waals surface area contributed by atoms with Crippen molar-refractivity contribution in [3.63, 3.8) is 0 Å². The second kappa shape index (κ2) is 7.03. The van der Waals surface area contributed by atoms with Crippen LogP contribution < -0.4 is 5.32 Å². The van der Waals surface area contributed by atoms with E-state index in [4.69, 9.17) is 4.74 Å². The Kier molecular flexibility index (Phi) is 5.08. The van der Waals surface area contributed by atoms with E-state index in [1.807, 2.05) is 0 Å². The maximum absolute atomic E-state index is 10.6. The Balaban J connectivity index is 1.64. The van der Waals surface area contributed by atoms with Gasteiger partial charge >= 0.3 is 0 Å². The average molecular weight is 323 g/mol. The van der Waals surface area contributed by atoms with Crippen LogP contribution >= 0.6 is 22.7 Å². The molecule has 0 bridgehead atoms. The van der Waals surface area contributed by atoms with Gasteiger partial charge in [-0.1, -0.05) is 12.1 Å². The van der Waals surface area contributed by atoms with Gasteiger partial charge in [-0.2, -0.15) is 0 Å². The van der Waals surface area contributed by atoms with Crippen molar-refractivity contribution in [2.75, 3.05) is 19.8 Å². The molecule has 1 atom stereocenters. The second-order valence-corrected chi connectivity index (χ2v) is 7.58. The molecule has 3 heterocycles. The maximum atomic E-state index is 10.6. The molecular formula is C16H21NO2S2. The molecule has 1 unspecified atom stereocenters. The molecule has 2 aromatic heterocycles. The third-order valence-electron chi connectivity index (χ3n) is 3.97. The number of hydrogen-bond acceptors (Lipinski definition) is 5. The molecule has 0 saturated carbocycles. The molecule has 2 N–H and O–H groups in total. The van der Waals surface area contributed by atoms with Gasteiger partial charge in [-0.3, -0.25) is 0 Å². The van der Waals surface area contributed by atoms with Gasteiger partial charge in [0.2, 0.25) is 0 Å². The lowest BCUT2D eigenvalue weighted by molar-refractivity contribution is -0.0627. The van der Waals surface area contributed by atoms with Crippen molar-refractivity contribution in [2.45, 2.75) is 30.9 Å². The highest BCUT2D eigenvalue weighted by molar-refractivity contribution is 7.10. The molecule has 0 aliphatic carbocycles. The first-order chi connectivity index (χ1) is 10.3. The third-order valence-corrected chi connectivity index (χ3v) is 5.86. The Morgan fingerprint density at radius 1 is 1.19 bits per heavy atom. The highest BCUT2D eigenvalue weighted by Gasteiger charge is 2.30. The Labute approximate surface area is 133 Å². The zero-order valence-corrected chi connectivity index (χ0v) is 13.6. The number of aliphatic hydroxyl groups is 1. The van der Waals surface area contributed by atoms with E-state index >= 15 is 0 Å². The molecule has 0 spiro atoms. The van der Waals surface area contributed by atoms with Crippen LogP contribution in [0.4, 0.5) is 0 Å². The van der Waals surface area contributed by atoms with E-state index in [-0.39, 0.29) is 6.04 Å². The molecule has 3 rings (SSSR count). The van der Waals surface area contributed by atoms with Crippen molar-refractivity contribution >= 4 is 22.7 Å². The summed E-state index contributed by atoms with van der Waals surface area (Å²) in [7, 11) is 0. The van der Waals surface area contributed by atoms with Crippen LogP contribution in [0.15, 0.2) is 35.0 Å². The first kappa shape index (κ1) is 15.2. The number of hydrogen-bond donors (Lipinski definition) is 2. The molecule has 0 aromatic carbocycles. The third kappa shape index (κ3) is 4.14. The lowest BCUT2D eigenvalue weighted by Gasteiger charge is -2.33. The minimum absolute atomic E-state index is 0.274. The first-order valence-corrected chi connectivity index (χ1v) is 9.10. The molecule has 0 radical (unpaired) electrons. The molecular weight excluding hydrogens is 302 g/mol. The largest absolute Gasteiger partial charge is 0.388 e. The molecule has 3 nitrogen and oxygen atoms in total. The Morgan fingerprint density at radius 3 is 2.62 bits per heavy atom. The molecule has 114 valence electrons. The van der Waals surface area contributed by atoms with Gasteiger partial charge in [-0.15, -0.1) is 22.7 Å². The van der Waals surface area contributed by atoms with E-state index in [1.165, 1.54) is 9.75 Å². The fourth-order valence-corrected chi connectivity index (χ4v) is 4.19. The molecule has 1 aliphatic rings. The van der Waals surface area contributed by atoms with Crippen molar-refractivity contribution in [3.8, 4) is 0 Å². The van der Waals surface area contributed by atoms with Gasteiger partial charge in [0, 0.05) is 54.8 Å². The number of ether oxygens (including phenoxy) is 1. The van der Waals surface area contributed by atoms with E-state index in [2.05, 4.69) is 40.3 Å². The fourth-order valence-electron chi connectivity index (χ4n) is 2.63. The lowest BCUT2D eigenvalue weighted by atomic mass is 9.94. The summed E-state index contributed by atoms with van der Waals surface area (Å²) >= 11 is 3.57. The van der Waals surface area contributed by atoms with Crippen molar-refractivity contribution in [1.29, 1.82) is 0 Å². The van der Waals surface area contributed by atoms with Gasteiger partial charge in [-0.05, 0) is 22.9 Å². The van der Waals surface area contributed by atoms with Crippen molar-refractivity contribution in [1.82, 2.24) is 5.32 Å². The summed E-state index contributed by atoms with van der Waals surface area (Å²) in [6.45, 7) is 1.95. The topological polar surface area (TPSA) is 41.5 Å². The van der Waals surface area contributed by atoms with Gasteiger partial charge in [0.25, 0.3) is 0 Å².